The Labute approximate surface area is 133 Å². The van der Waals surface area contributed by atoms with Gasteiger partial charge in [0.2, 0.25) is 0 Å². The smallest absolute Gasteiger partial charge is 0.261 e. The van der Waals surface area contributed by atoms with E-state index in [0.29, 0.717) is 13.0 Å². The maximum atomic E-state index is 12.0. The number of hydrogen-bond donors (Lipinski definition) is 1. The summed E-state index contributed by atoms with van der Waals surface area (Å²) in [5.74, 6) is 0. The van der Waals surface area contributed by atoms with Crippen LogP contribution in [0.3, 0.4) is 0 Å². The van der Waals surface area contributed by atoms with E-state index in [4.69, 9.17) is 4.74 Å². The molecule has 0 aromatic carbocycles. The third kappa shape index (κ3) is 6.62. The Bertz CT molecular complexity index is 377. The second-order valence-electron chi connectivity index (χ2n) is 4.04. The predicted molar refractivity (Wildman–Crippen MR) is 82.2 cm³/mol. The van der Waals surface area contributed by atoms with Crippen LogP contribution in [0.4, 0.5) is 8.78 Å². The molecule has 110 valence electrons. The molecule has 0 aliphatic carbocycles. The fourth-order valence-electron chi connectivity index (χ4n) is 1.65. The second-order valence-corrected chi connectivity index (χ2v) is 7.79. The second kappa shape index (κ2) is 9.39. The van der Waals surface area contributed by atoms with Crippen LogP contribution in [0.5, 0.6) is 0 Å². The molecule has 1 atom stereocenters. The third-order valence-electron chi connectivity index (χ3n) is 2.49. The van der Waals surface area contributed by atoms with Crippen molar-refractivity contribution in [2.45, 2.75) is 32.2 Å². The van der Waals surface area contributed by atoms with Gasteiger partial charge in [0.05, 0.1) is 7.57 Å². The van der Waals surface area contributed by atoms with Crippen molar-refractivity contribution in [1.82, 2.24) is 5.32 Å². The lowest BCUT2D eigenvalue weighted by Gasteiger charge is -2.18. The van der Waals surface area contributed by atoms with Crippen molar-refractivity contribution in [1.29, 1.82) is 0 Å². The van der Waals surface area contributed by atoms with Gasteiger partial charge in [-0.15, -0.1) is 11.3 Å². The topological polar surface area (TPSA) is 21.3 Å². The minimum atomic E-state index is -2.40. The highest BCUT2D eigenvalue weighted by molar-refractivity contribution is 9.12. The van der Waals surface area contributed by atoms with E-state index in [1.54, 1.807) is 11.3 Å². The SMILES string of the molecule is CCCNC(CCOCC(F)F)c1cc(Br)sc1Br. The Kier molecular flexibility index (Phi) is 8.64. The highest BCUT2D eigenvalue weighted by Crippen LogP contribution is 2.36. The largest absolute Gasteiger partial charge is 0.375 e. The average Bonchev–Trinajstić information content (AvgIpc) is 2.67. The summed E-state index contributed by atoms with van der Waals surface area (Å²) in [5, 5.41) is 3.42. The van der Waals surface area contributed by atoms with E-state index in [2.05, 4.69) is 50.2 Å². The molecule has 0 radical (unpaired) electrons. The van der Waals surface area contributed by atoms with Gasteiger partial charge in [0.15, 0.2) is 0 Å². The Morgan fingerprint density at radius 1 is 1.42 bits per heavy atom. The molecule has 19 heavy (non-hydrogen) atoms. The molecule has 0 saturated carbocycles. The first-order valence-corrected chi connectivity index (χ1v) is 8.48. The lowest BCUT2D eigenvalue weighted by Crippen LogP contribution is -2.23. The van der Waals surface area contributed by atoms with Crippen LogP contribution >= 0.6 is 43.2 Å². The number of halogens is 4. The zero-order valence-corrected chi connectivity index (χ0v) is 14.6. The summed E-state index contributed by atoms with van der Waals surface area (Å²) in [5.41, 5.74) is 1.14. The zero-order valence-electron chi connectivity index (χ0n) is 10.6. The molecular formula is C12H17Br2F2NOS. The summed E-state index contributed by atoms with van der Waals surface area (Å²) in [6.07, 6.45) is -0.699. The molecule has 0 fully saturated rings. The quantitative estimate of drug-likeness (QED) is 0.568. The van der Waals surface area contributed by atoms with E-state index < -0.39 is 13.0 Å². The standard InChI is InChI=1S/C12H17Br2F2NOS/c1-2-4-17-9(3-5-18-7-11(15)16)8-6-10(13)19-12(8)14/h6,9,11,17H,2-5,7H2,1H3. The highest BCUT2D eigenvalue weighted by Gasteiger charge is 2.16. The number of rotatable bonds is 9. The van der Waals surface area contributed by atoms with Gasteiger partial charge in [0, 0.05) is 12.6 Å². The number of ether oxygens (including phenoxy) is 1. The van der Waals surface area contributed by atoms with Crippen LogP contribution in [0.1, 0.15) is 31.4 Å². The van der Waals surface area contributed by atoms with Gasteiger partial charge >= 0.3 is 0 Å². The molecule has 0 aliphatic heterocycles. The van der Waals surface area contributed by atoms with Crippen molar-refractivity contribution in [3.05, 3.63) is 19.2 Å². The number of nitrogens with one attached hydrogen (secondary N) is 1. The van der Waals surface area contributed by atoms with Crippen molar-refractivity contribution >= 4 is 43.2 Å². The molecule has 1 N–H and O–H groups in total. The van der Waals surface area contributed by atoms with Gasteiger partial charge in [-0.2, -0.15) is 0 Å². The van der Waals surface area contributed by atoms with Gasteiger partial charge in [0.1, 0.15) is 6.61 Å². The molecule has 0 saturated heterocycles. The monoisotopic (exact) mass is 419 g/mol. The summed E-state index contributed by atoms with van der Waals surface area (Å²) in [6, 6.07) is 2.17. The minimum absolute atomic E-state index is 0.120. The van der Waals surface area contributed by atoms with Crippen LogP contribution in [-0.4, -0.2) is 26.2 Å². The lowest BCUT2D eigenvalue weighted by atomic mass is 10.1. The van der Waals surface area contributed by atoms with E-state index in [1.807, 2.05) is 0 Å². The van der Waals surface area contributed by atoms with Gasteiger partial charge in [-0.3, -0.25) is 0 Å². The van der Waals surface area contributed by atoms with Crippen LogP contribution in [0.25, 0.3) is 0 Å². The fraction of sp³-hybridized carbons (Fsp3) is 0.667. The van der Waals surface area contributed by atoms with Crippen LogP contribution in [0, 0.1) is 0 Å². The summed E-state index contributed by atoms with van der Waals surface area (Å²) in [7, 11) is 0. The van der Waals surface area contributed by atoms with E-state index in [1.165, 1.54) is 0 Å². The van der Waals surface area contributed by atoms with Crippen molar-refractivity contribution in [2.75, 3.05) is 19.8 Å². The van der Waals surface area contributed by atoms with E-state index in [-0.39, 0.29) is 6.04 Å². The first kappa shape index (κ1) is 17.5. The molecule has 1 heterocycles. The van der Waals surface area contributed by atoms with Crippen LogP contribution in [0.15, 0.2) is 13.6 Å². The van der Waals surface area contributed by atoms with Crippen molar-refractivity contribution in [3.63, 3.8) is 0 Å². The number of alkyl halides is 2. The molecule has 1 unspecified atom stereocenters. The fourth-order valence-corrected chi connectivity index (χ4v) is 4.62. The minimum Gasteiger partial charge on any atom is -0.375 e. The molecule has 0 bridgehead atoms. The van der Waals surface area contributed by atoms with E-state index in [0.717, 1.165) is 26.1 Å². The summed E-state index contributed by atoms with van der Waals surface area (Å²) < 4.78 is 31.1. The molecule has 0 aliphatic rings. The molecule has 2 nitrogen and oxygen atoms in total. The summed E-state index contributed by atoms with van der Waals surface area (Å²) in [4.78, 5) is 0. The molecule has 1 aromatic rings. The maximum absolute atomic E-state index is 12.0. The number of hydrogen-bond acceptors (Lipinski definition) is 3. The summed E-state index contributed by atoms with van der Waals surface area (Å²) in [6.45, 7) is 2.82. The van der Waals surface area contributed by atoms with Gasteiger partial charge in [-0.1, -0.05) is 6.92 Å². The van der Waals surface area contributed by atoms with E-state index >= 15 is 0 Å². The zero-order chi connectivity index (χ0) is 14.3. The first-order valence-electron chi connectivity index (χ1n) is 6.08. The Balaban J connectivity index is 2.54. The Hall–Kier alpha value is 0.440. The first-order chi connectivity index (χ1) is 9.04. The molecule has 0 spiro atoms. The Morgan fingerprint density at radius 3 is 2.68 bits per heavy atom. The predicted octanol–water partition coefficient (Wildman–Crippen LogP) is 4.99. The van der Waals surface area contributed by atoms with Gasteiger partial charge in [-0.05, 0) is 62.9 Å². The van der Waals surface area contributed by atoms with Crippen LogP contribution in [0.2, 0.25) is 0 Å². The third-order valence-corrected chi connectivity index (χ3v) is 4.88. The van der Waals surface area contributed by atoms with Gasteiger partial charge in [-0.25, -0.2) is 8.78 Å². The molecule has 1 aromatic heterocycles. The molecule has 1 rings (SSSR count). The van der Waals surface area contributed by atoms with Gasteiger partial charge < -0.3 is 10.1 Å². The summed E-state index contributed by atoms with van der Waals surface area (Å²) >= 11 is 8.59. The number of thiophene rings is 1. The lowest BCUT2D eigenvalue weighted by molar-refractivity contribution is 0.0143. The van der Waals surface area contributed by atoms with Crippen molar-refractivity contribution in [3.8, 4) is 0 Å². The molecule has 0 amide bonds. The van der Waals surface area contributed by atoms with E-state index in [9.17, 15) is 8.78 Å². The van der Waals surface area contributed by atoms with Gasteiger partial charge in [0.25, 0.3) is 6.43 Å². The van der Waals surface area contributed by atoms with Crippen molar-refractivity contribution in [2.24, 2.45) is 0 Å². The highest BCUT2D eigenvalue weighted by atomic mass is 79.9. The normalized spacial score (nSPS) is 13.2. The maximum Gasteiger partial charge on any atom is 0.261 e. The average molecular weight is 421 g/mol. The van der Waals surface area contributed by atoms with Crippen LogP contribution in [-0.2, 0) is 4.74 Å². The van der Waals surface area contributed by atoms with Crippen molar-refractivity contribution < 1.29 is 13.5 Å². The molecule has 7 heteroatoms. The molecular weight excluding hydrogens is 404 g/mol. The van der Waals surface area contributed by atoms with Crippen LogP contribution < -0.4 is 5.32 Å². The Morgan fingerprint density at radius 2 is 2.16 bits per heavy atom.